The molecule has 13 heavy (non-hydrogen) atoms. The lowest BCUT2D eigenvalue weighted by atomic mass is 9.90. The van der Waals surface area contributed by atoms with Crippen LogP contribution in [0.1, 0.15) is 28.8 Å². The van der Waals surface area contributed by atoms with E-state index in [0.29, 0.717) is 6.42 Å². The highest BCUT2D eigenvalue weighted by atomic mass is 35.5. The molecule has 3 heteroatoms. The average molecular weight is 198 g/mol. The Morgan fingerprint density at radius 2 is 2.00 bits per heavy atom. The molecule has 2 rings (SSSR count). The number of hydrogen-bond donors (Lipinski definition) is 1. The Morgan fingerprint density at radius 3 is 2.69 bits per heavy atom. The molecule has 0 heterocycles. The Balaban J connectivity index is 0.000000845. The average Bonchev–Trinajstić information content (AvgIpc) is 2.07. The van der Waals surface area contributed by atoms with Crippen molar-refractivity contribution in [1.82, 2.24) is 0 Å². The summed E-state index contributed by atoms with van der Waals surface area (Å²) in [7, 11) is 0. The van der Waals surface area contributed by atoms with E-state index in [9.17, 15) is 4.79 Å². The van der Waals surface area contributed by atoms with E-state index in [1.54, 1.807) is 0 Å². The normalized spacial score (nSPS) is 14.6. The monoisotopic (exact) mass is 197 g/mol. The van der Waals surface area contributed by atoms with Gasteiger partial charge in [-0.2, -0.15) is 0 Å². The fourth-order valence-corrected chi connectivity index (χ4v) is 1.71. The lowest BCUT2D eigenvalue weighted by molar-refractivity contribution is 0.0972. The van der Waals surface area contributed by atoms with Crippen LogP contribution in [0.3, 0.4) is 0 Å². The smallest absolute Gasteiger partial charge is 0.163 e. The molecule has 70 valence electrons. The number of anilines is 1. The van der Waals surface area contributed by atoms with Crippen LogP contribution >= 0.6 is 12.4 Å². The molecule has 2 nitrogen and oxygen atoms in total. The summed E-state index contributed by atoms with van der Waals surface area (Å²) in [6.45, 7) is 0. The van der Waals surface area contributed by atoms with Gasteiger partial charge in [0.05, 0.1) is 0 Å². The maximum Gasteiger partial charge on any atom is 0.163 e. The molecule has 0 aliphatic heterocycles. The Labute approximate surface area is 83.5 Å². The number of Topliss-reactive ketones (excluding diaryl/α,β-unsaturated/α-hetero) is 1. The van der Waals surface area contributed by atoms with Gasteiger partial charge in [-0.3, -0.25) is 4.79 Å². The van der Waals surface area contributed by atoms with Gasteiger partial charge < -0.3 is 5.73 Å². The molecule has 0 aromatic heterocycles. The third-order valence-electron chi connectivity index (χ3n) is 2.34. The third-order valence-corrected chi connectivity index (χ3v) is 2.34. The summed E-state index contributed by atoms with van der Waals surface area (Å²) in [6.07, 6.45) is 2.57. The van der Waals surface area contributed by atoms with E-state index >= 15 is 0 Å². The van der Waals surface area contributed by atoms with E-state index in [1.807, 2.05) is 18.2 Å². The zero-order valence-electron chi connectivity index (χ0n) is 7.25. The second-order valence-corrected chi connectivity index (χ2v) is 3.15. The highest BCUT2D eigenvalue weighted by molar-refractivity contribution is 5.99. The molecule has 0 unspecified atom stereocenters. The van der Waals surface area contributed by atoms with Gasteiger partial charge in [-0.15, -0.1) is 12.4 Å². The lowest BCUT2D eigenvalue weighted by Gasteiger charge is -2.15. The second-order valence-electron chi connectivity index (χ2n) is 3.15. The van der Waals surface area contributed by atoms with Gasteiger partial charge in [0.1, 0.15) is 0 Å². The third kappa shape index (κ3) is 1.68. The molecule has 1 aliphatic carbocycles. The predicted octanol–water partition coefficient (Wildman–Crippen LogP) is 2.21. The van der Waals surface area contributed by atoms with Gasteiger partial charge >= 0.3 is 0 Å². The fraction of sp³-hybridized carbons (Fsp3) is 0.300. The Hall–Kier alpha value is -1.02. The first-order valence-electron chi connectivity index (χ1n) is 4.19. The number of fused-ring (bicyclic) bond motifs is 1. The Morgan fingerprint density at radius 1 is 1.23 bits per heavy atom. The number of nitrogens with two attached hydrogens (primary N) is 1. The minimum absolute atomic E-state index is 0. The van der Waals surface area contributed by atoms with Crippen molar-refractivity contribution < 1.29 is 4.79 Å². The van der Waals surface area contributed by atoms with Crippen LogP contribution in [0.15, 0.2) is 18.2 Å². The summed E-state index contributed by atoms with van der Waals surface area (Å²) in [5.74, 6) is 0.239. The van der Waals surface area contributed by atoms with Gasteiger partial charge in [-0.25, -0.2) is 0 Å². The highest BCUT2D eigenvalue weighted by Crippen LogP contribution is 2.25. The summed E-state index contributed by atoms with van der Waals surface area (Å²) in [5, 5.41) is 0. The van der Waals surface area contributed by atoms with Crippen LogP contribution in [0.2, 0.25) is 0 Å². The minimum atomic E-state index is 0. The van der Waals surface area contributed by atoms with E-state index in [1.165, 1.54) is 0 Å². The van der Waals surface area contributed by atoms with E-state index in [4.69, 9.17) is 5.73 Å². The molecular formula is C10H12ClNO. The molecule has 1 aromatic carbocycles. The number of nitrogen functional groups attached to an aromatic ring is 1. The zero-order valence-corrected chi connectivity index (χ0v) is 8.06. The van der Waals surface area contributed by atoms with Gasteiger partial charge in [-0.05, 0) is 24.5 Å². The van der Waals surface area contributed by atoms with Crippen molar-refractivity contribution in [2.45, 2.75) is 19.3 Å². The van der Waals surface area contributed by atoms with Crippen molar-refractivity contribution in [3.05, 3.63) is 29.3 Å². The van der Waals surface area contributed by atoms with Gasteiger partial charge in [0, 0.05) is 17.7 Å². The molecule has 2 N–H and O–H groups in total. The van der Waals surface area contributed by atoms with Gasteiger partial charge in [0.25, 0.3) is 0 Å². The van der Waals surface area contributed by atoms with Crippen molar-refractivity contribution in [3.8, 4) is 0 Å². The predicted molar refractivity (Wildman–Crippen MR) is 55.4 cm³/mol. The highest BCUT2D eigenvalue weighted by Gasteiger charge is 2.17. The van der Waals surface area contributed by atoms with E-state index in [-0.39, 0.29) is 18.2 Å². The van der Waals surface area contributed by atoms with Crippen LogP contribution in [-0.4, -0.2) is 5.78 Å². The van der Waals surface area contributed by atoms with Crippen molar-refractivity contribution >= 4 is 23.9 Å². The first-order chi connectivity index (χ1) is 5.79. The number of carbonyl (C=O) groups excluding carboxylic acids is 1. The first kappa shape index (κ1) is 10.1. The lowest BCUT2D eigenvalue weighted by Crippen LogP contribution is -2.12. The molecule has 0 spiro atoms. The first-order valence-corrected chi connectivity index (χ1v) is 4.19. The molecule has 0 radical (unpaired) electrons. The molecule has 0 amide bonds. The SMILES string of the molecule is Cl.Nc1cccc2c1CCCC2=O. The molecule has 0 saturated heterocycles. The van der Waals surface area contributed by atoms with Crippen molar-refractivity contribution in [1.29, 1.82) is 0 Å². The second kappa shape index (κ2) is 3.79. The summed E-state index contributed by atoms with van der Waals surface area (Å²) in [6, 6.07) is 5.57. The molecule has 1 aromatic rings. The topological polar surface area (TPSA) is 43.1 Å². The largest absolute Gasteiger partial charge is 0.398 e. The van der Waals surface area contributed by atoms with Crippen LogP contribution in [0.5, 0.6) is 0 Å². The van der Waals surface area contributed by atoms with Crippen LogP contribution in [-0.2, 0) is 6.42 Å². The molecule has 0 atom stereocenters. The number of halogens is 1. The standard InChI is InChI=1S/C10H11NO.ClH/c11-9-5-1-4-8-7(9)3-2-6-10(8)12;/h1,4-5H,2-3,6,11H2;1H. The molecule has 0 bridgehead atoms. The van der Waals surface area contributed by atoms with Gasteiger partial charge in [0.15, 0.2) is 5.78 Å². The Kier molecular flexibility index (Phi) is 2.94. The summed E-state index contributed by atoms with van der Waals surface area (Å²) in [5.41, 5.74) is 8.40. The summed E-state index contributed by atoms with van der Waals surface area (Å²) < 4.78 is 0. The zero-order chi connectivity index (χ0) is 8.55. The number of hydrogen-bond acceptors (Lipinski definition) is 2. The fourth-order valence-electron chi connectivity index (χ4n) is 1.71. The summed E-state index contributed by atoms with van der Waals surface area (Å²) >= 11 is 0. The number of carbonyl (C=O) groups is 1. The van der Waals surface area contributed by atoms with Crippen molar-refractivity contribution in [2.75, 3.05) is 5.73 Å². The van der Waals surface area contributed by atoms with E-state index < -0.39 is 0 Å². The molecule has 1 aliphatic rings. The van der Waals surface area contributed by atoms with Crippen LogP contribution in [0.4, 0.5) is 5.69 Å². The van der Waals surface area contributed by atoms with Crippen molar-refractivity contribution in [2.24, 2.45) is 0 Å². The minimum Gasteiger partial charge on any atom is -0.398 e. The van der Waals surface area contributed by atoms with Crippen LogP contribution in [0.25, 0.3) is 0 Å². The quantitative estimate of drug-likeness (QED) is 0.648. The maximum atomic E-state index is 11.4. The van der Waals surface area contributed by atoms with E-state index in [0.717, 1.165) is 29.7 Å². The molecular weight excluding hydrogens is 186 g/mol. The van der Waals surface area contributed by atoms with Gasteiger partial charge in [-0.1, -0.05) is 12.1 Å². The maximum absolute atomic E-state index is 11.4. The number of ketones is 1. The number of benzene rings is 1. The molecule has 0 saturated carbocycles. The van der Waals surface area contributed by atoms with Crippen LogP contribution < -0.4 is 5.73 Å². The van der Waals surface area contributed by atoms with Crippen molar-refractivity contribution in [3.63, 3.8) is 0 Å². The van der Waals surface area contributed by atoms with Gasteiger partial charge in [0.2, 0.25) is 0 Å². The van der Waals surface area contributed by atoms with Crippen LogP contribution in [0, 0.1) is 0 Å². The number of rotatable bonds is 0. The summed E-state index contributed by atoms with van der Waals surface area (Å²) in [4.78, 5) is 11.4. The molecule has 0 fully saturated rings. The Bertz CT molecular complexity index is 336. The van der Waals surface area contributed by atoms with E-state index in [2.05, 4.69) is 0 Å².